The first-order chi connectivity index (χ1) is 39.2. The second-order valence-electron chi connectivity index (χ2n) is 17.4. The van der Waals surface area contributed by atoms with E-state index in [1.165, 1.54) is 6.92 Å². The summed E-state index contributed by atoms with van der Waals surface area (Å²) < 4.78 is 5.54. The van der Waals surface area contributed by atoms with E-state index in [2.05, 4.69) is 126 Å². The van der Waals surface area contributed by atoms with E-state index in [-0.39, 0.29) is 99.3 Å². The van der Waals surface area contributed by atoms with E-state index in [0.717, 1.165) is 36.5 Å². The molecule has 0 fully saturated rings. The summed E-state index contributed by atoms with van der Waals surface area (Å²) >= 11 is 0. The normalized spacial score (nSPS) is 13.0. The molecule has 0 heterocycles. The fraction of sp³-hybridized carbons (Fsp3) is 0.578. The van der Waals surface area contributed by atoms with Gasteiger partial charge in [-0.3, -0.25) is 28.8 Å². The van der Waals surface area contributed by atoms with E-state index in [0.29, 0.717) is 12.8 Å². The van der Waals surface area contributed by atoms with Crippen LogP contribution < -0.4 is 11.1 Å². The Hall–Kier alpha value is -5.51. The summed E-state index contributed by atoms with van der Waals surface area (Å²) in [7, 11) is 2.13. The van der Waals surface area contributed by atoms with Gasteiger partial charge in [-0.15, -0.1) is 0 Å². The molecule has 2 amide bonds. The van der Waals surface area contributed by atoms with Crippen molar-refractivity contribution in [3.05, 3.63) is 59.7 Å². The van der Waals surface area contributed by atoms with Crippen molar-refractivity contribution in [2.75, 3.05) is 40.6 Å². The number of primary amides is 1. The molecule has 456 valence electrons. The summed E-state index contributed by atoms with van der Waals surface area (Å²) in [4.78, 5) is 109. The molecule has 0 spiro atoms. The number of hydrogen-bond donors (Lipinski definition) is 2. The van der Waals surface area contributed by atoms with Crippen LogP contribution in [0.25, 0.3) is 11.1 Å². The number of Topliss-reactive ketones (excluding diaryl/α,β-unsaturated/α-hetero) is 5. The number of esters is 1. The van der Waals surface area contributed by atoms with Crippen molar-refractivity contribution in [2.24, 2.45) is 28.9 Å². The van der Waals surface area contributed by atoms with Crippen LogP contribution in [0.5, 0.6) is 0 Å². The zero-order valence-corrected chi connectivity index (χ0v) is 44.2. The lowest BCUT2D eigenvalue weighted by molar-refractivity contribution is -0.870. The van der Waals surface area contributed by atoms with Crippen LogP contribution in [0.3, 0.4) is 0 Å². The van der Waals surface area contributed by atoms with E-state index in [4.69, 9.17) is 20.2 Å². The number of amides is 2. The SMILES string of the molecule is COOOOOOOOOOOOOCC(COOOOOOOOOOOOOC)(COC(=O)CCCC(=O)CC(C(=O)CC(CCCNC(N)=O)C(C)=O)C(C)C)CC(=O)CCCC(=O)CC1c2ccccc2-c2ccccc21. The van der Waals surface area contributed by atoms with Crippen molar-refractivity contribution in [1.29, 1.82) is 0 Å². The number of rotatable bonds is 53. The van der Waals surface area contributed by atoms with Gasteiger partial charge in [0.2, 0.25) is 0 Å². The smallest absolute Gasteiger partial charge is 0.312 e. The highest BCUT2D eigenvalue weighted by Crippen LogP contribution is 2.46. The molecule has 0 aliphatic heterocycles. The topological polar surface area (TPSA) is 407 Å². The van der Waals surface area contributed by atoms with E-state index >= 15 is 0 Å². The first-order valence-corrected chi connectivity index (χ1v) is 24.1. The van der Waals surface area contributed by atoms with Crippen LogP contribution in [-0.4, -0.2) is 81.5 Å². The number of nitrogens with two attached hydrogens (primary N) is 1. The number of hydrogen-bond acceptors (Lipinski definition) is 34. The third-order valence-corrected chi connectivity index (χ3v) is 11.5. The van der Waals surface area contributed by atoms with Crippen LogP contribution in [0, 0.1) is 23.2 Å². The number of urea groups is 1. The van der Waals surface area contributed by atoms with E-state index in [1.807, 2.05) is 48.5 Å². The van der Waals surface area contributed by atoms with Crippen LogP contribution >= 0.6 is 0 Å². The molecular formula is C45H62N2O34. The third-order valence-electron chi connectivity index (χ3n) is 11.5. The highest BCUT2D eigenvalue weighted by molar-refractivity contribution is 5.91. The minimum Gasteiger partial charge on any atom is -0.465 e. The van der Waals surface area contributed by atoms with Gasteiger partial charge in [0.15, 0.2) is 0 Å². The molecule has 1 aliphatic carbocycles. The van der Waals surface area contributed by atoms with Crippen LogP contribution in [0.1, 0.15) is 115 Å². The lowest BCUT2D eigenvalue weighted by atomic mass is 9.81. The Morgan fingerprint density at radius 3 is 1.46 bits per heavy atom. The second kappa shape index (κ2) is 42.3. The minimum absolute atomic E-state index is 0.0173. The molecule has 0 aromatic heterocycles. The van der Waals surface area contributed by atoms with Crippen LogP contribution in [0.4, 0.5) is 4.79 Å². The lowest BCUT2D eigenvalue weighted by Gasteiger charge is -2.30. The predicted molar refractivity (Wildman–Crippen MR) is 242 cm³/mol. The Bertz CT molecular complexity index is 2080. The van der Waals surface area contributed by atoms with Gasteiger partial charge in [-0.25, -0.2) is 24.3 Å². The Balaban J connectivity index is 1.66. The maximum atomic E-state index is 13.8. The number of benzene rings is 2. The Kier molecular flexibility index (Phi) is 36.5. The largest absolute Gasteiger partial charge is 0.465 e. The van der Waals surface area contributed by atoms with Gasteiger partial charge in [0.05, 0.1) is 32.8 Å². The molecule has 3 rings (SSSR count). The van der Waals surface area contributed by atoms with E-state index in [9.17, 15) is 33.6 Å². The fourth-order valence-corrected chi connectivity index (χ4v) is 7.88. The summed E-state index contributed by atoms with van der Waals surface area (Å²) in [6.07, 6.45) is -0.530. The summed E-state index contributed by atoms with van der Waals surface area (Å²) in [6.45, 7) is 2.80. The maximum absolute atomic E-state index is 13.8. The van der Waals surface area contributed by atoms with Gasteiger partial charge in [0.25, 0.3) is 0 Å². The molecule has 81 heavy (non-hydrogen) atoms. The standard InChI is InChI=1S/C45H62N2O34/c1-30(2)40(42(52)23-32(31(3)48)13-12-22-47-44(46)54)24-33(49)15-11-21-43(53)57-27-45(28-58-62-66-70-74-78-80-76-72-68-64-60-55-4,29-59-63-67-71-75-79-81-77-73-69-65-61-56-5)26-35(51)16-10-14-34(50)25-41-38-19-8-6-17-36(38)37-18-7-9-20-39(37)41/h6-9,17-20,30,32,40-41H,10-16,21-29H2,1-5H3,(H3,46,47,54). The van der Waals surface area contributed by atoms with Gasteiger partial charge >= 0.3 is 12.0 Å². The highest BCUT2D eigenvalue weighted by atomic mass is 18.0. The molecule has 0 bridgehead atoms. The number of fused-ring (bicyclic) bond motifs is 3. The number of ketones is 5. The molecule has 0 radical (unpaired) electrons. The molecule has 2 atom stereocenters. The molecule has 2 aromatic carbocycles. The van der Waals surface area contributed by atoms with Gasteiger partial charge in [-0.1, -0.05) is 62.4 Å². The van der Waals surface area contributed by atoms with Crippen LogP contribution in [-0.2, 0) is 164 Å². The molecule has 36 nitrogen and oxygen atoms in total. The molecule has 3 N–H and O–H groups in total. The maximum Gasteiger partial charge on any atom is 0.312 e. The van der Waals surface area contributed by atoms with Crippen molar-refractivity contribution in [2.45, 2.75) is 104 Å². The van der Waals surface area contributed by atoms with Crippen LogP contribution in [0.15, 0.2) is 48.5 Å². The Morgan fingerprint density at radius 2 is 0.988 bits per heavy atom. The first-order valence-electron chi connectivity index (χ1n) is 24.1. The van der Waals surface area contributed by atoms with E-state index in [1.54, 1.807) is 13.8 Å². The van der Waals surface area contributed by atoms with Crippen molar-refractivity contribution in [1.82, 2.24) is 5.32 Å². The predicted octanol–water partition coefficient (Wildman–Crippen LogP) is 5.08. The van der Waals surface area contributed by atoms with Crippen molar-refractivity contribution in [3.8, 4) is 11.1 Å². The van der Waals surface area contributed by atoms with Crippen molar-refractivity contribution < 1.29 is 169 Å². The average molecular weight is 1170 g/mol. The molecule has 0 saturated carbocycles. The summed E-state index contributed by atoms with van der Waals surface area (Å²) in [5, 5.41) is 88.3. The number of nitrogens with one attached hydrogen (secondary N) is 1. The Morgan fingerprint density at radius 1 is 0.543 bits per heavy atom. The molecule has 2 unspecified atom stereocenters. The quantitative estimate of drug-likeness (QED) is 0.0377. The summed E-state index contributed by atoms with van der Waals surface area (Å²) in [5.41, 5.74) is 7.38. The van der Waals surface area contributed by atoms with Crippen LogP contribution in [0.2, 0.25) is 0 Å². The molecule has 36 heteroatoms. The van der Waals surface area contributed by atoms with Gasteiger partial charge in [-0.2, -0.15) is 0 Å². The molecule has 1 aliphatic rings. The highest BCUT2D eigenvalue weighted by Gasteiger charge is 2.38. The zero-order chi connectivity index (χ0) is 58.9. The zero-order valence-electron chi connectivity index (χ0n) is 44.2. The monoisotopic (exact) mass is 1170 g/mol. The number of ether oxygens (including phenoxy) is 1. The second-order valence-corrected chi connectivity index (χ2v) is 17.4. The number of carbonyl (C=O) groups is 7. The fourth-order valence-electron chi connectivity index (χ4n) is 7.88. The minimum atomic E-state index is -1.82. The third kappa shape index (κ3) is 29.9. The van der Waals surface area contributed by atoms with Crippen molar-refractivity contribution in [3.63, 3.8) is 0 Å². The summed E-state index contributed by atoms with van der Waals surface area (Å²) in [6, 6.07) is 14.9. The molecule has 2 aromatic rings. The van der Waals surface area contributed by atoms with Gasteiger partial charge in [-0.05, 0) is 172 Å². The van der Waals surface area contributed by atoms with E-state index < -0.39 is 61.3 Å². The number of carbonyl (C=O) groups excluding carboxylic acids is 7. The average Bonchev–Trinajstić information content (AvgIpc) is 4.04. The molecular weight excluding hydrogens is 1110 g/mol. The first kappa shape index (κ1) is 69.8. The Labute approximate surface area is 458 Å². The van der Waals surface area contributed by atoms with Crippen molar-refractivity contribution >= 4 is 40.9 Å². The van der Waals surface area contributed by atoms with Gasteiger partial charge in [0, 0.05) is 75.7 Å². The summed E-state index contributed by atoms with van der Waals surface area (Å²) in [5.74, 6) is -4.16. The molecule has 0 saturated heterocycles. The lowest BCUT2D eigenvalue weighted by Crippen LogP contribution is -2.40. The van der Waals surface area contributed by atoms with Gasteiger partial charge in [0.1, 0.15) is 35.5 Å². The van der Waals surface area contributed by atoms with Gasteiger partial charge < -0.3 is 15.8 Å².